The van der Waals surface area contributed by atoms with Crippen LogP contribution in [0.3, 0.4) is 0 Å². The predicted molar refractivity (Wildman–Crippen MR) is 73.9 cm³/mol. The van der Waals surface area contributed by atoms with Gasteiger partial charge in [-0.05, 0) is 35.0 Å². The molecule has 1 aromatic rings. The largest absolute Gasteiger partial charge is 0.493 e. The van der Waals surface area contributed by atoms with E-state index in [9.17, 15) is 14.4 Å². The van der Waals surface area contributed by atoms with Crippen molar-refractivity contribution in [1.29, 1.82) is 0 Å². The van der Waals surface area contributed by atoms with Crippen LogP contribution in [0.5, 0.6) is 11.5 Å². The Morgan fingerprint density at radius 2 is 2.05 bits per heavy atom. The van der Waals surface area contributed by atoms with Crippen LogP contribution in [0.25, 0.3) is 0 Å². The molecular weight excluding hydrogens is 332 g/mol. The Morgan fingerprint density at radius 1 is 1.40 bits per heavy atom. The highest BCUT2D eigenvalue weighted by Crippen LogP contribution is 2.33. The number of carbonyl (C=O) groups excluding carboxylic acids is 3. The highest BCUT2D eigenvalue weighted by molar-refractivity contribution is 9.10. The molecule has 108 valence electrons. The number of nitrogens with one attached hydrogen (secondary N) is 1. The number of primary amides is 1. The van der Waals surface area contributed by atoms with E-state index in [2.05, 4.69) is 15.9 Å². The first kappa shape index (κ1) is 16.0. The van der Waals surface area contributed by atoms with Crippen LogP contribution >= 0.6 is 15.9 Å². The number of nitrogens with two attached hydrogens (primary N) is 1. The molecule has 0 heterocycles. The van der Waals surface area contributed by atoms with Crippen LogP contribution in [0.1, 0.15) is 17.3 Å². The Kier molecular flexibility index (Phi) is 5.51. The molecule has 1 atom stereocenters. The predicted octanol–water partition coefficient (Wildman–Crippen LogP) is 1.23. The first-order valence-electron chi connectivity index (χ1n) is 5.48. The summed E-state index contributed by atoms with van der Waals surface area (Å²) >= 11 is 3.20. The number of halogens is 1. The highest BCUT2D eigenvalue weighted by Gasteiger charge is 2.19. The van der Waals surface area contributed by atoms with Gasteiger partial charge in [-0.3, -0.25) is 14.9 Å². The average molecular weight is 345 g/mol. The van der Waals surface area contributed by atoms with Gasteiger partial charge in [-0.15, -0.1) is 0 Å². The number of benzene rings is 1. The van der Waals surface area contributed by atoms with Gasteiger partial charge in [0.25, 0.3) is 5.91 Å². The van der Waals surface area contributed by atoms with E-state index in [1.165, 1.54) is 26.2 Å². The van der Waals surface area contributed by atoms with Gasteiger partial charge >= 0.3 is 6.03 Å². The maximum Gasteiger partial charge on any atom is 0.318 e. The fraction of sp³-hybridized carbons (Fsp3) is 0.250. The molecule has 3 N–H and O–H groups in total. The third-order valence-electron chi connectivity index (χ3n) is 2.33. The Hall–Kier alpha value is -2.09. The number of hydrogen-bond donors (Lipinski definition) is 2. The first-order chi connectivity index (χ1) is 9.38. The van der Waals surface area contributed by atoms with Gasteiger partial charge in [0.2, 0.25) is 0 Å². The summed E-state index contributed by atoms with van der Waals surface area (Å²) in [6.45, 7) is 1.43. The van der Waals surface area contributed by atoms with E-state index in [1.54, 1.807) is 0 Å². The third-order valence-corrected chi connectivity index (χ3v) is 3.02. The van der Waals surface area contributed by atoms with E-state index in [0.717, 1.165) is 0 Å². The summed E-state index contributed by atoms with van der Waals surface area (Å²) in [5.41, 5.74) is 5.18. The molecule has 0 aromatic heterocycles. The van der Waals surface area contributed by atoms with E-state index in [0.29, 0.717) is 22.1 Å². The summed E-state index contributed by atoms with van der Waals surface area (Å²) in [5.74, 6) is -0.166. The molecule has 0 aliphatic heterocycles. The van der Waals surface area contributed by atoms with Crippen molar-refractivity contribution in [2.24, 2.45) is 5.73 Å². The second kappa shape index (κ2) is 6.90. The van der Waals surface area contributed by atoms with Crippen molar-refractivity contribution in [1.82, 2.24) is 5.32 Å². The molecule has 8 heteroatoms. The van der Waals surface area contributed by atoms with Gasteiger partial charge in [0.05, 0.1) is 7.11 Å². The summed E-state index contributed by atoms with van der Waals surface area (Å²) < 4.78 is 11.0. The Labute approximate surface area is 123 Å². The smallest absolute Gasteiger partial charge is 0.318 e. The van der Waals surface area contributed by atoms with Gasteiger partial charge in [0.1, 0.15) is 0 Å². The molecule has 0 bridgehead atoms. The second-order valence-corrected chi connectivity index (χ2v) is 4.61. The molecule has 7 nitrogen and oxygen atoms in total. The molecule has 0 unspecified atom stereocenters. The fourth-order valence-electron chi connectivity index (χ4n) is 1.36. The fourth-order valence-corrected chi connectivity index (χ4v) is 1.78. The van der Waals surface area contributed by atoms with E-state index < -0.39 is 18.0 Å². The summed E-state index contributed by atoms with van der Waals surface area (Å²) in [6.07, 6.45) is -0.359. The quantitative estimate of drug-likeness (QED) is 0.781. The summed E-state index contributed by atoms with van der Waals surface area (Å²) in [7, 11) is 1.42. The normalized spacial score (nSPS) is 11.3. The van der Waals surface area contributed by atoms with Crippen LogP contribution in [0.4, 0.5) is 4.79 Å². The van der Waals surface area contributed by atoms with E-state index in [1.807, 2.05) is 5.32 Å². The molecule has 1 aromatic carbocycles. The lowest BCUT2D eigenvalue weighted by molar-refractivity contribution is -0.126. The highest BCUT2D eigenvalue weighted by atomic mass is 79.9. The van der Waals surface area contributed by atoms with Crippen LogP contribution in [-0.2, 0) is 4.79 Å². The number of methoxy groups -OCH3 is 1. The van der Waals surface area contributed by atoms with Crippen LogP contribution < -0.4 is 20.5 Å². The molecule has 1 rings (SSSR count). The number of amides is 3. The van der Waals surface area contributed by atoms with Gasteiger partial charge in [-0.2, -0.15) is 0 Å². The van der Waals surface area contributed by atoms with Crippen molar-refractivity contribution >= 4 is 34.2 Å². The molecule has 0 aliphatic carbocycles. The lowest BCUT2D eigenvalue weighted by Gasteiger charge is -2.16. The van der Waals surface area contributed by atoms with Gasteiger partial charge < -0.3 is 15.2 Å². The van der Waals surface area contributed by atoms with Crippen molar-refractivity contribution in [2.45, 2.75) is 13.0 Å². The molecule has 0 saturated heterocycles. The monoisotopic (exact) mass is 344 g/mol. The zero-order valence-electron chi connectivity index (χ0n) is 10.8. The SMILES string of the molecule is COc1cc(Br)c(C=O)cc1O[C@@H](C)C(=O)NC(N)=O. The minimum absolute atomic E-state index is 0.199. The number of imide groups is 1. The summed E-state index contributed by atoms with van der Waals surface area (Å²) in [4.78, 5) is 33.0. The molecular formula is C12H13BrN2O5. The number of urea groups is 1. The summed E-state index contributed by atoms with van der Waals surface area (Å²) in [6, 6.07) is 1.99. The van der Waals surface area contributed by atoms with Crippen molar-refractivity contribution in [3.8, 4) is 11.5 Å². The number of carbonyl (C=O) groups is 3. The molecule has 0 fully saturated rings. The number of rotatable bonds is 5. The van der Waals surface area contributed by atoms with E-state index in [4.69, 9.17) is 15.2 Å². The number of aldehydes is 1. The lowest BCUT2D eigenvalue weighted by Crippen LogP contribution is -2.42. The van der Waals surface area contributed by atoms with E-state index in [-0.39, 0.29) is 5.75 Å². The van der Waals surface area contributed by atoms with Crippen molar-refractivity contribution in [2.75, 3.05) is 7.11 Å². The summed E-state index contributed by atoms with van der Waals surface area (Å²) in [5, 5.41) is 1.90. The number of hydrogen-bond acceptors (Lipinski definition) is 5. The zero-order valence-corrected chi connectivity index (χ0v) is 12.4. The van der Waals surface area contributed by atoms with Crippen LogP contribution in [-0.4, -0.2) is 31.4 Å². The topological polar surface area (TPSA) is 108 Å². The van der Waals surface area contributed by atoms with Crippen molar-refractivity contribution in [3.63, 3.8) is 0 Å². The first-order valence-corrected chi connectivity index (χ1v) is 6.28. The minimum Gasteiger partial charge on any atom is -0.493 e. The molecule has 20 heavy (non-hydrogen) atoms. The number of ether oxygens (including phenoxy) is 2. The van der Waals surface area contributed by atoms with Gasteiger partial charge in [-0.1, -0.05) is 0 Å². The maximum atomic E-state index is 11.5. The van der Waals surface area contributed by atoms with Crippen molar-refractivity contribution in [3.05, 3.63) is 22.2 Å². The van der Waals surface area contributed by atoms with Crippen LogP contribution in [0, 0.1) is 0 Å². The van der Waals surface area contributed by atoms with Crippen molar-refractivity contribution < 1.29 is 23.9 Å². The molecule has 3 amide bonds. The third kappa shape index (κ3) is 3.95. The van der Waals surface area contributed by atoms with E-state index >= 15 is 0 Å². The second-order valence-electron chi connectivity index (χ2n) is 3.76. The molecule has 0 aliphatic rings. The Morgan fingerprint density at radius 3 is 2.55 bits per heavy atom. The zero-order chi connectivity index (χ0) is 15.3. The maximum absolute atomic E-state index is 11.5. The van der Waals surface area contributed by atoms with Crippen LogP contribution in [0.2, 0.25) is 0 Å². The van der Waals surface area contributed by atoms with Crippen LogP contribution in [0.15, 0.2) is 16.6 Å². The standard InChI is InChI=1S/C12H13BrN2O5/c1-6(11(17)15-12(14)18)20-10-3-7(5-16)8(13)4-9(10)19-2/h3-6H,1-2H3,(H3,14,15,17,18)/t6-/m0/s1. The molecule has 0 radical (unpaired) electrons. The lowest BCUT2D eigenvalue weighted by atomic mass is 10.2. The van der Waals surface area contributed by atoms with Gasteiger partial charge in [0, 0.05) is 10.0 Å². The van der Waals surface area contributed by atoms with Gasteiger partial charge in [0.15, 0.2) is 23.9 Å². The average Bonchev–Trinajstić information content (AvgIpc) is 2.39. The van der Waals surface area contributed by atoms with Gasteiger partial charge in [-0.25, -0.2) is 4.79 Å². The molecule has 0 saturated carbocycles. The Balaban J connectivity index is 2.98. The molecule has 0 spiro atoms. The minimum atomic E-state index is -0.989. The Bertz CT molecular complexity index is 547.